The number of thiazole rings is 1. The number of alkyl halides is 3. The number of carboxylic acids is 1. The van der Waals surface area contributed by atoms with Crippen LogP contribution in [0.25, 0.3) is 10.6 Å². The Morgan fingerprint density at radius 1 is 0.974 bits per heavy atom. The molecule has 4 aromatic rings. The minimum atomic E-state index is -4.40. The SMILES string of the molecule is Cc1cc(SCc2sc(-c3ccc(C(F)(F)F)cc3)nc2COc2ccccc2C)ccc1OCC(=O)O. The molecular formula is C28H24F3NO4S2. The van der Waals surface area contributed by atoms with E-state index in [4.69, 9.17) is 19.6 Å². The number of aromatic nitrogens is 1. The summed E-state index contributed by atoms with van der Waals surface area (Å²) in [7, 11) is 0. The van der Waals surface area contributed by atoms with Crippen molar-refractivity contribution in [2.45, 2.75) is 37.3 Å². The zero-order valence-corrected chi connectivity index (χ0v) is 22.2. The molecule has 0 spiro atoms. The lowest BCUT2D eigenvalue weighted by atomic mass is 10.1. The van der Waals surface area contributed by atoms with Gasteiger partial charge in [-0.1, -0.05) is 30.3 Å². The highest BCUT2D eigenvalue weighted by Gasteiger charge is 2.30. The Labute approximate surface area is 226 Å². The zero-order chi connectivity index (χ0) is 27.3. The summed E-state index contributed by atoms with van der Waals surface area (Å²) in [4.78, 5) is 17.4. The number of carbonyl (C=O) groups is 1. The number of rotatable bonds is 10. The summed E-state index contributed by atoms with van der Waals surface area (Å²) in [5, 5.41) is 9.44. The second-order valence-electron chi connectivity index (χ2n) is 8.42. The number of hydrogen-bond donors (Lipinski definition) is 1. The molecule has 1 N–H and O–H groups in total. The van der Waals surface area contributed by atoms with Crippen LogP contribution in [0.1, 0.15) is 27.3 Å². The van der Waals surface area contributed by atoms with Crippen molar-refractivity contribution >= 4 is 29.1 Å². The molecule has 0 atom stereocenters. The fourth-order valence-electron chi connectivity index (χ4n) is 3.56. The number of para-hydroxylation sites is 1. The lowest BCUT2D eigenvalue weighted by Crippen LogP contribution is -2.09. The van der Waals surface area contributed by atoms with Crippen molar-refractivity contribution in [1.29, 1.82) is 0 Å². The first kappa shape index (κ1) is 27.5. The van der Waals surface area contributed by atoms with Crippen molar-refractivity contribution in [1.82, 2.24) is 4.98 Å². The molecule has 10 heteroatoms. The van der Waals surface area contributed by atoms with Crippen molar-refractivity contribution in [2.24, 2.45) is 0 Å². The van der Waals surface area contributed by atoms with E-state index in [-0.39, 0.29) is 6.61 Å². The van der Waals surface area contributed by atoms with Crippen molar-refractivity contribution in [3.63, 3.8) is 0 Å². The summed E-state index contributed by atoms with van der Waals surface area (Å²) in [6.45, 7) is 3.61. The van der Waals surface area contributed by atoms with E-state index in [0.29, 0.717) is 22.1 Å². The molecule has 5 nitrogen and oxygen atoms in total. The van der Waals surface area contributed by atoms with Crippen molar-refractivity contribution in [2.75, 3.05) is 6.61 Å². The van der Waals surface area contributed by atoms with Gasteiger partial charge in [0.2, 0.25) is 0 Å². The Hall–Kier alpha value is -3.50. The standard InChI is InChI=1S/C28H24F3NO4S2/c1-17-5-3-4-6-23(17)35-14-22-25(16-37-21-11-12-24(18(2)13-21)36-15-26(33)34)38-27(32-22)19-7-9-20(10-8-19)28(29,30)31/h3-13H,14-16H2,1-2H3,(H,33,34). The number of ether oxygens (including phenoxy) is 2. The summed E-state index contributed by atoms with van der Waals surface area (Å²) in [5.41, 5.74) is 2.42. The molecule has 0 aliphatic rings. The number of aliphatic carboxylic acids is 1. The van der Waals surface area contributed by atoms with Gasteiger partial charge < -0.3 is 14.6 Å². The first-order valence-electron chi connectivity index (χ1n) is 11.5. The van der Waals surface area contributed by atoms with E-state index >= 15 is 0 Å². The van der Waals surface area contributed by atoms with Gasteiger partial charge in [-0.25, -0.2) is 9.78 Å². The first-order valence-corrected chi connectivity index (χ1v) is 13.3. The molecule has 3 aromatic carbocycles. The summed E-state index contributed by atoms with van der Waals surface area (Å²) in [6, 6.07) is 18.2. The van der Waals surface area contributed by atoms with Gasteiger partial charge in [-0.15, -0.1) is 23.1 Å². The van der Waals surface area contributed by atoms with Crippen LogP contribution in [0.15, 0.2) is 71.6 Å². The third-order valence-electron chi connectivity index (χ3n) is 5.56. The van der Waals surface area contributed by atoms with Crippen LogP contribution >= 0.6 is 23.1 Å². The fraction of sp³-hybridized carbons (Fsp3) is 0.214. The molecule has 0 amide bonds. The maximum absolute atomic E-state index is 13.0. The van der Waals surface area contributed by atoms with Crippen LogP contribution in [0, 0.1) is 13.8 Å². The number of thioether (sulfide) groups is 1. The Kier molecular flexibility index (Phi) is 8.63. The summed E-state index contributed by atoms with van der Waals surface area (Å²) in [5.74, 6) is 0.769. The van der Waals surface area contributed by atoms with Crippen LogP contribution < -0.4 is 9.47 Å². The van der Waals surface area contributed by atoms with Crippen molar-refractivity contribution in [3.05, 3.63) is 94.0 Å². The van der Waals surface area contributed by atoms with E-state index in [0.717, 1.165) is 44.5 Å². The number of carboxylic acid groups (broad SMARTS) is 1. The highest BCUT2D eigenvalue weighted by molar-refractivity contribution is 7.98. The first-order chi connectivity index (χ1) is 18.1. The molecule has 0 saturated carbocycles. The van der Waals surface area contributed by atoms with Crippen LogP contribution in [-0.4, -0.2) is 22.7 Å². The monoisotopic (exact) mass is 559 g/mol. The average Bonchev–Trinajstić information content (AvgIpc) is 3.29. The maximum Gasteiger partial charge on any atom is 0.416 e. The topological polar surface area (TPSA) is 68.7 Å². The van der Waals surface area contributed by atoms with E-state index in [1.807, 2.05) is 50.2 Å². The van der Waals surface area contributed by atoms with Crippen LogP contribution in [-0.2, 0) is 23.3 Å². The third-order valence-corrected chi connectivity index (χ3v) is 7.91. The fourth-order valence-corrected chi connectivity index (χ4v) is 5.73. The molecule has 198 valence electrons. The molecule has 0 aliphatic carbocycles. The molecular weight excluding hydrogens is 535 g/mol. The van der Waals surface area contributed by atoms with Crippen LogP contribution in [0.2, 0.25) is 0 Å². The average molecular weight is 560 g/mol. The van der Waals surface area contributed by atoms with Crippen LogP contribution in [0.4, 0.5) is 13.2 Å². The second kappa shape index (κ2) is 11.9. The number of benzene rings is 3. The van der Waals surface area contributed by atoms with E-state index in [2.05, 4.69) is 0 Å². The van der Waals surface area contributed by atoms with Gasteiger partial charge in [0.05, 0.1) is 11.3 Å². The molecule has 0 saturated heterocycles. The van der Waals surface area contributed by atoms with Crippen molar-refractivity contribution in [3.8, 4) is 22.1 Å². The van der Waals surface area contributed by atoms with Crippen molar-refractivity contribution < 1.29 is 32.5 Å². The minimum Gasteiger partial charge on any atom is -0.487 e. The highest BCUT2D eigenvalue weighted by atomic mass is 32.2. The van der Waals surface area contributed by atoms with Gasteiger partial charge in [0.1, 0.15) is 23.1 Å². The number of nitrogens with zero attached hydrogens (tertiary/aromatic N) is 1. The normalized spacial score (nSPS) is 11.4. The molecule has 1 aromatic heterocycles. The Morgan fingerprint density at radius 2 is 1.68 bits per heavy atom. The van der Waals surface area contributed by atoms with Gasteiger partial charge in [-0.05, 0) is 61.4 Å². The summed E-state index contributed by atoms with van der Waals surface area (Å²) < 4.78 is 50.4. The zero-order valence-electron chi connectivity index (χ0n) is 20.5. The van der Waals surface area contributed by atoms with Gasteiger partial charge in [0.25, 0.3) is 0 Å². The Morgan fingerprint density at radius 3 is 2.34 bits per heavy atom. The lowest BCUT2D eigenvalue weighted by molar-refractivity contribution is -0.139. The quantitative estimate of drug-likeness (QED) is 0.200. The van der Waals surface area contributed by atoms with E-state index < -0.39 is 24.3 Å². The molecule has 0 bridgehead atoms. The molecule has 38 heavy (non-hydrogen) atoms. The summed E-state index contributed by atoms with van der Waals surface area (Å²) >= 11 is 2.99. The molecule has 1 heterocycles. The molecule has 0 aliphatic heterocycles. The second-order valence-corrected chi connectivity index (χ2v) is 10.5. The Bertz CT molecular complexity index is 1420. The van der Waals surface area contributed by atoms with Gasteiger partial charge in [-0.3, -0.25) is 0 Å². The molecule has 0 fully saturated rings. The predicted molar refractivity (Wildman–Crippen MR) is 142 cm³/mol. The maximum atomic E-state index is 13.0. The summed E-state index contributed by atoms with van der Waals surface area (Å²) in [6.07, 6.45) is -4.40. The molecule has 4 rings (SSSR count). The lowest BCUT2D eigenvalue weighted by Gasteiger charge is -2.10. The number of aryl methyl sites for hydroxylation is 2. The van der Waals surface area contributed by atoms with E-state index in [1.165, 1.54) is 23.5 Å². The molecule has 0 radical (unpaired) electrons. The van der Waals surface area contributed by atoms with Crippen LogP contribution in [0.5, 0.6) is 11.5 Å². The third kappa shape index (κ3) is 7.08. The smallest absolute Gasteiger partial charge is 0.416 e. The largest absolute Gasteiger partial charge is 0.487 e. The Balaban J connectivity index is 1.55. The van der Waals surface area contributed by atoms with E-state index in [1.54, 1.807) is 17.8 Å². The predicted octanol–water partition coefficient (Wildman–Crippen LogP) is 7.78. The molecule has 0 unspecified atom stereocenters. The number of halogens is 3. The highest BCUT2D eigenvalue weighted by Crippen LogP contribution is 2.36. The van der Waals surface area contributed by atoms with Gasteiger partial charge in [0, 0.05) is 21.1 Å². The van der Waals surface area contributed by atoms with Gasteiger partial charge in [-0.2, -0.15) is 13.2 Å². The van der Waals surface area contributed by atoms with Crippen LogP contribution in [0.3, 0.4) is 0 Å². The number of hydrogen-bond acceptors (Lipinski definition) is 6. The van der Waals surface area contributed by atoms with Gasteiger partial charge in [0.15, 0.2) is 6.61 Å². The van der Waals surface area contributed by atoms with E-state index in [9.17, 15) is 18.0 Å². The van der Waals surface area contributed by atoms with Gasteiger partial charge >= 0.3 is 12.1 Å². The minimum absolute atomic E-state index is 0.221.